The summed E-state index contributed by atoms with van der Waals surface area (Å²) in [5, 5.41) is 0. The molecule has 19 heavy (non-hydrogen) atoms. The monoisotopic (exact) mass is 263 g/mol. The van der Waals surface area contributed by atoms with Gasteiger partial charge in [-0.3, -0.25) is 0 Å². The first-order valence-electron chi connectivity index (χ1n) is 6.98. The molecule has 1 fully saturated rings. The standard InChI is InChI=1S/C15H21NO3/c1-17-11-5-6-12-14(19-10-18-12)13(11)15(9-16)7-3-2-4-8-15/h5-6H,2-4,7-10,16H2,1H3. The molecule has 4 nitrogen and oxygen atoms in total. The van der Waals surface area contributed by atoms with Crippen LogP contribution in [0.3, 0.4) is 0 Å². The molecule has 0 atom stereocenters. The highest BCUT2D eigenvalue weighted by Crippen LogP contribution is 2.51. The van der Waals surface area contributed by atoms with Gasteiger partial charge in [0.2, 0.25) is 6.79 Å². The summed E-state index contributed by atoms with van der Waals surface area (Å²) in [6.07, 6.45) is 5.91. The van der Waals surface area contributed by atoms with E-state index >= 15 is 0 Å². The third-order valence-corrected chi connectivity index (χ3v) is 4.45. The van der Waals surface area contributed by atoms with Crippen LogP contribution >= 0.6 is 0 Å². The minimum absolute atomic E-state index is 0.0252. The van der Waals surface area contributed by atoms with Crippen molar-refractivity contribution in [3.8, 4) is 17.2 Å². The smallest absolute Gasteiger partial charge is 0.231 e. The van der Waals surface area contributed by atoms with E-state index in [1.54, 1.807) is 7.11 Å². The lowest BCUT2D eigenvalue weighted by Gasteiger charge is -2.38. The van der Waals surface area contributed by atoms with Gasteiger partial charge in [-0.2, -0.15) is 0 Å². The quantitative estimate of drug-likeness (QED) is 0.910. The van der Waals surface area contributed by atoms with E-state index in [0.717, 1.165) is 35.7 Å². The van der Waals surface area contributed by atoms with E-state index in [2.05, 4.69) is 0 Å². The number of nitrogens with two attached hydrogens (primary N) is 1. The first-order valence-corrected chi connectivity index (χ1v) is 6.98. The van der Waals surface area contributed by atoms with E-state index in [4.69, 9.17) is 19.9 Å². The Bertz CT molecular complexity index is 467. The minimum Gasteiger partial charge on any atom is -0.496 e. The first-order chi connectivity index (χ1) is 9.30. The summed E-state index contributed by atoms with van der Waals surface area (Å²) in [4.78, 5) is 0. The maximum absolute atomic E-state index is 6.14. The molecular formula is C15H21NO3. The summed E-state index contributed by atoms with van der Waals surface area (Å²) in [5.74, 6) is 2.53. The third kappa shape index (κ3) is 1.94. The number of fused-ring (bicyclic) bond motifs is 1. The van der Waals surface area contributed by atoms with Crippen LogP contribution in [-0.2, 0) is 5.41 Å². The van der Waals surface area contributed by atoms with Crippen LogP contribution < -0.4 is 19.9 Å². The molecule has 0 unspecified atom stereocenters. The van der Waals surface area contributed by atoms with Crippen molar-refractivity contribution in [2.45, 2.75) is 37.5 Å². The molecule has 1 aromatic carbocycles. The van der Waals surface area contributed by atoms with Gasteiger partial charge >= 0.3 is 0 Å². The van der Waals surface area contributed by atoms with E-state index in [1.807, 2.05) is 12.1 Å². The first kappa shape index (κ1) is 12.6. The van der Waals surface area contributed by atoms with Gasteiger partial charge in [0.1, 0.15) is 5.75 Å². The summed E-state index contributed by atoms with van der Waals surface area (Å²) < 4.78 is 16.8. The highest BCUT2D eigenvalue weighted by molar-refractivity contribution is 5.58. The normalized spacial score (nSPS) is 20.3. The Morgan fingerprint density at radius 3 is 2.68 bits per heavy atom. The fourth-order valence-corrected chi connectivity index (χ4v) is 3.41. The zero-order valence-corrected chi connectivity index (χ0v) is 11.4. The predicted molar refractivity (Wildman–Crippen MR) is 72.9 cm³/mol. The van der Waals surface area contributed by atoms with E-state index in [9.17, 15) is 0 Å². The maximum Gasteiger partial charge on any atom is 0.231 e. The largest absolute Gasteiger partial charge is 0.496 e. The van der Waals surface area contributed by atoms with Gasteiger partial charge in [-0.1, -0.05) is 19.3 Å². The van der Waals surface area contributed by atoms with E-state index in [0.29, 0.717) is 6.54 Å². The van der Waals surface area contributed by atoms with Crippen molar-refractivity contribution < 1.29 is 14.2 Å². The Labute approximate surface area is 113 Å². The molecule has 4 heteroatoms. The molecule has 1 aliphatic carbocycles. The summed E-state index contributed by atoms with van der Waals surface area (Å²) in [6, 6.07) is 3.88. The van der Waals surface area contributed by atoms with E-state index in [-0.39, 0.29) is 12.2 Å². The number of hydrogen-bond acceptors (Lipinski definition) is 4. The SMILES string of the molecule is COc1ccc2c(c1C1(CN)CCCCC1)OCO2. The molecule has 104 valence electrons. The average molecular weight is 263 g/mol. The zero-order chi connectivity index (χ0) is 13.3. The molecule has 1 aromatic rings. The Morgan fingerprint density at radius 1 is 1.21 bits per heavy atom. The van der Waals surface area contributed by atoms with Gasteiger partial charge in [0.05, 0.1) is 7.11 Å². The van der Waals surface area contributed by atoms with Gasteiger partial charge in [-0.05, 0) is 25.0 Å². The van der Waals surface area contributed by atoms with Crippen LogP contribution in [0.15, 0.2) is 12.1 Å². The molecule has 0 saturated heterocycles. The van der Waals surface area contributed by atoms with Crippen LogP contribution in [0.25, 0.3) is 0 Å². The number of rotatable bonds is 3. The highest BCUT2D eigenvalue weighted by Gasteiger charge is 2.40. The summed E-state index contributed by atoms with van der Waals surface area (Å²) >= 11 is 0. The predicted octanol–water partition coefficient (Wildman–Crippen LogP) is 2.58. The van der Waals surface area contributed by atoms with Crippen molar-refractivity contribution in [3.05, 3.63) is 17.7 Å². The molecule has 2 aliphatic rings. The summed E-state index contributed by atoms with van der Waals surface area (Å²) in [5.41, 5.74) is 7.23. The lowest BCUT2D eigenvalue weighted by atomic mass is 9.68. The lowest BCUT2D eigenvalue weighted by Crippen LogP contribution is -2.37. The molecular weight excluding hydrogens is 242 g/mol. The number of methoxy groups -OCH3 is 1. The van der Waals surface area contributed by atoms with Crippen molar-refractivity contribution >= 4 is 0 Å². The second kappa shape index (κ2) is 4.93. The highest BCUT2D eigenvalue weighted by atomic mass is 16.7. The van der Waals surface area contributed by atoms with Crippen LogP contribution in [-0.4, -0.2) is 20.4 Å². The molecule has 3 rings (SSSR count). The maximum atomic E-state index is 6.14. The molecule has 1 saturated carbocycles. The molecule has 0 radical (unpaired) electrons. The average Bonchev–Trinajstić information content (AvgIpc) is 2.95. The second-order valence-corrected chi connectivity index (χ2v) is 5.42. The Kier molecular flexibility index (Phi) is 3.27. The molecule has 2 N–H and O–H groups in total. The van der Waals surface area contributed by atoms with Crippen LogP contribution in [0, 0.1) is 0 Å². The fraction of sp³-hybridized carbons (Fsp3) is 0.600. The van der Waals surface area contributed by atoms with Crippen molar-refractivity contribution in [1.29, 1.82) is 0 Å². The van der Waals surface area contributed by atoms with Crippen LogP contribution in [0.4, 0.5) is 0 Å². The Morgan fingerprint density at radius 2 is 2.00 bits per heavy atom. The minimum atomic E-state index is -0.0252. The van der Waals surface area contributed by atoms with Crippen molar-refractivity contribution in [1.82, 2.24) is 0 Å². The molecule has 0 spiro atoms. The summed E-state index contributed by atoms with van der Waals surface area (Å²) in [6.45, 7) is 0.916. The lowest BCUT2D eigenvalue weighted by molar-refractivity contribution is 0.170. The van der Waals surface area contributed by atoms with Crippen LogP contribution in [0.1, 0.15) is 37.7 Å². The van der Waals surface area contributed by atoms with Gasteiger partial charge in [-0.15, -0.1) is 0 Å². The zero-order valence-electron chi connectivity index (χ0n) is 11.4. The fourth-order valence-electron chi connectivity index (χ4n) is 3.41. The number of ether oxygens (including phenoxy) is 3. The molecule has 0 amide bonds. The Balaban J connectivity index is 2.14. The van der Waals surface area contributed by atoms with Crippen molar-refractivity contribution in [2.24, 2.45) is 5.73 Å². The van der Waals surface area contributed by atoms with Gasteiger partial charge < -0.3 is 19.9 Å². The third-order valence-electron chi connectivity index (χ3n) is 4.45. The Hall–Kier alpha value is -1.42. The van der Waals surface area contributed by atoms with Crippen molar-refractivity contribution in [3.63, 3.8) is 0 Å². The van der Waals surface area contributed by atoms with Gasteiger partial charge in [0.25, 0.3) is 0 Å². The van der Waals surface area contributed by atoms with Crippen LogP contribution in [0.2, 0.25) is 0 Å². The number of hydrogen-bond donors (Lipinski definition) is 1. The molecule has 1 heterocycles. The molecule has 1 aliphatic heterocycles. The van der Waals surface area contributed by atoms with Crippen molar-refractivity contribution in [2.75, 3.05) is 20.4 Å². The topological polar surface area (TPSA) is 53.7 Å². The van der Waals surface area contributed by atoms with Crippen LogP contribution in [0.5, 0.6) is 17.2 Å². The molecule has 0 bridgehead atoms. The summed E-state index contributed by atoms with van der Waals surface area (Å²) in [7, 11) is 1.70. The van der Waals surface area contributed by atoms with E-state index in [1.165, 1.54) is 19.3 Å². The molecule has 0 aromatic heterocycles. The van der Waals surface area contributed by atoms with E-state index < -0.39 is 0 Å². The second-order valence-electron chi connectivity index (χ2n) is 5.42. The number of benzene rings is 1. The van der Waals surface area contributed by atoms with Gasteiger partial charge in [0, 0.05) is 17.5 Å². The van der Waals surface area contributed by atoms with Gasteiger partial charge in [0.15, 0.2) is 11.5 Å². The van der Waals surface area contributed by atoms with Gasteiger partial charge in [-0.25, -0.2) is 0 Å².